The van der Waals surface area contributed by atoms with Crippen molar-refractivity contribution >= 4 is 22.8 Å². The summed E-state index contributed by atoms with van der Waals surface area (Å²) in [5.41, 5.74) is 1.20. The van der Waals surface area contributed by atoms with Gasteiger partial charge in [0, 0.05) is 5.92 Å². The van der Waals surface area contributed by atoms with Crippen molar-refractivity contribution in [1.82, 2.24) is 0 Å². The quantitative estimate of drug-likeness (QED) is 0.131. The van der Waals surface area contributed by atoms with Gasteiger partial charge in [0.05, 0.1) is 19.3 Å². The number of carbonyl (C=O) groups excluding carboxylic acids is 1. The second kappa shape index (κ2) is 13.4. The lowest BCUT2D eigenvalue weighted by Gasteiger charge is -2.40. The number of hydrogen-bond donors (Lipinski definition) is 0. The molecule has 2 aliphatic rings. The van der Waals surface area contributed by atoms with Gasteiger partial charge in [0.2, 0.25) is 0 Å². The summed E-state index contributed by atoms with van der Waals surface area (Å²) >= 11 is 0. The summed E-state index contributed by atoms with van der Waals surface area (Å²) in [6.45, 7) is 28.3. The van der Waals surface area contributed by atoms with Gasteiger partial charge in [-0.05, 0) is 78.9 Å². The van der Waals surface area contributed by atoms with E-state index in [1.165, 1.54) is 25.5 Å². The van der Waals surface area contributed by atoms with Gasteiger partial charge in [-0.1, -0.05) is 86.5 Å². The smallest absolute Gasteiger partial charge is 0.438 e. The minimum Gasteiger partial charge on any atom is -0.438 e. The Balaban J connectivity index is 2.34. The van der Waals surface area contributed by atoms with Gasteiger partial charge in [0.15, 0.2) is 16.6 Å². The van der Waals surface area contributed by atoms with Crippen molar-refractivity contribution in [3.05, 3.63) is 23.8 Å². The number of hydrogen-bond acceptors (Lipinski definition) is 5. The highest BCUT2D eigenvalue weighted by Gasteiger charge is 2.49. The Morgan fingerprint density at radius 3 is 2.23 bits per heavy atom. The predicted octanol–water partition coefficient (Wildman–Crippen LogP) is 9.52. The van der Waals surface area contributed by atoms with Gasteiger partial charge in [0.1, 0.15) is 6.61 Å². The van der Waals surface area contributed by atoms with Gasteiger partial charge >= 0.3 is 6.16 Å². The van der Waals surface area contributed by atoms with Crippen LogP contribution in [0.3, 0.4) is 0 Å². The predicted molar refractivity (Wildman–Crippen MR) is 168 cm³/mol. The van der Waals surface area contributed by atoms with Gasteiger partial charge in [-0.15, -0.1) is 0 Å². The molecule has 226 valence electrons. The van der Waals surface area contributed by atoms with Crippen molar-refractivity contribution in [2.75, 3.05) is 13.7 Å². The molecule has 7 heteroatoms. The largest absolute Gasteiger partial charge is 0.508 e. The van der Waals surface area contributed by atoms with Crippen LogP contribution >= 0.6 is 0 Å². The molecule has 0 amide bonds. The summed E-state index contributed by atoms with van der Waals surface area (Å²) in [6.07, 6.45) is 12.4. The molecule has 5 nitrogen and oxygen atoms in total. The molecular formula is C32H60O5Si2. The summed E-state index contributed by atoms with van der Waals surface area (Å²) in [6, 6.07) is 0. The van der Waals surface area contributed by atoms with E-state index >= 15 is 0 Å². The minimum absolute atomic E-state index is 0.122. The first-order valence-electron chi connectivity index (χ1n) is 15.3. The first kappa shape index (κ1) is 34.3. The summed E-state index contributed by atoms with van der Waals surface area (Å²) in [5.74, 6) is 1.86. The van der Waals surface area contributed by atoms with Crippen LogP contribution in [-0.4, -0.2) is 48.7 Å². The average Bonchev–Trinajstić information content (AvgIpc) is 3.31. The van der Waals surface area contributed by atoms with Crippen LogP contribution in [0.1, 0.15) is 87.5 Å². The molecule has 0 aliphatic heterocycles. The fraction of sp³-hybridized carbons (Fsp3) is 0.844. The van der Waals surface area contributed by atoms with Crippen LogP contribution in [0.15, 0.2) is 23.8 Å². The molecule has 1 unspecified atom stereocenters. The molecule has 0 aromatic heterocycles. The second-order valence-corrected chi connectivity index (χ2v) is 24.8. The summed E-state index contributed by atoms with van der Waals surface area (Å²) in [7, 11) is -2.50. The lowest BCUT2D eigenvalue weighted by atomic mass is 9.88. The van der Waals surface area contributed by atoms with Gasteiger partial charge in [-0.3, -0.25) is 0 Å². The van der Waals surface area contributed by atoms with E-state index in [0.29, 0.717) is 30.3 Å². The van der Waals surface area contributed by atoms with E-state index in [4.69, 9.17) is 13.6 Å². The Bertz CT molecular complexity index is 865. The Morgan fingerprint density at radius 1 is 1.08 bits per heavy atom. The SMILES string of the molecule is CCCC(C)C[C@@H](/C=C/[C@H]1[C@H]2CC(COC(=O)OC)=C[C@H]2C[C@H]1O[Si](C)(C)C(C)(C)C)O[Si](C)(C)C(C)(C)C. The van der Waals surface area contributed by atoms with E-state index in [-0.39, 0.29) is 22.3 Å². The molecule has 2 rings (SSSR count). The fourth-order valence-corrected chi connectivity index (χ4v) is 8.21. The van der Waals surface area contributed by atoms with Crippen molar-refractivity contribution in [3.8, 4) is 0 Å². The maximum Gasteiger partial charge on any atom is 0.508 e. The summed E-state index contributed by atoms with van der Waals surface area (Å²) in [4.78, 5) is 11.6. The molecule has 0 N–H and O–H groups in total. The van der Waals surface area contributed by atoms with Crippen molar-refractivity contribution in [2.24, 2.45) is 23.7 Å². The van der Waals surface area contributed by atoms with E-state index in [2.05, 4.69) is 105 Å². The normalized spacial score (nSPS) is 25.9. The molecule has 2 aliphatic carbocycles. The zero-order valence-electron chi connectivity index (χ0n) is 27.5. The first-order valence-corrected chi connectivity index (χ1v) is 21.1. The Labute approximate surface area is 242 Å². The topological polar surface area (TPSA) is 54.0 Å². The third-order valence-electron chi connectivity index (χ3n) is 9.94. The van der Waals surface area contributed by atoms with E-state index in [1.54, 1.807) is 0 Å². The van der Waals surface area contributed by atoms with E-state index < -0.39 is 22.8 Å². The van der Waals surface area contributed by atoms with Crippen LogP contribution in [0.25, 0.3) is 0 Å². The molecule has 0 radical (unpaired) electrons. The van der Waals surface area contributed by atoms with E-state index in [1.807, 2.05) is 0 Å². The number of ether oxygens (including phenoxy) is 2. The molecule has 0 heterocycles. The monoisotopic (exact) mass is 580 g/mol. The van der Waals surface area contributed by atoms with Crippen LogP contribution in [0, 0.1) is 23.7 Å². The number of rotatable bonds is 12. The molecule has 6 atom stereocenters. The zero-order chi connectivity index (χ0) is 29.8. The molecule has 39 heavy (non-hydrogen) atoms. The van der Waals surface area contributed by atoms with E-state index in [0.717, 1.165) is 19.3 Å². The molecule has 1 fully saturated rings. The molecule has 0 bridgehead atoms. The van der Waals surface area contributed by atoms with Crippen molar-refractivity contribution in [1.29, 1.82) is 0 Å². The highest BCUT2D eigenvalue weighted by atomic mass is 28.4. The maximum atomic E-state index is 11.6. The lowest BCUT2D eigenvalue weighted by Crippen LogP contribution is -2.45. The molecule has 0 aromatic rings. The van der Waals surface area contributed by atoms with Gasteiger partial charge in [-0.2, -0.15) is 0 Å². The van der Waals surface area contributed by atoms with Crippen LogP contribution in [-0.2, 0) is 18.3 Å². The molecule has 0 saturated heterocycles. The van der Waals surface area contributed by atoms with Crippen LogP contribution in [0.5, 0.6) is 0 Å². The number of fused-ring (bicyclic) bond motifs is 1. The van der Waals surface area contributed by atoms with Crippen LogP contribution in [0.4, 0.5) is 4.79 Å². The lowest BCUT2D eigenvalue weighted by molar-refractivity contribution is 0.0788. The standard InChI is InChI=1S/C32H60O5Si2/c1-14-15-23(2)18-26(36-38(10,11)31(3,4)5)16-17-27-28-20-24(22-35-30(33)34-9)19-25(28)21-29(27)37-39(12,13)32(6,7)8/h16-17,19,23,25-29H,14-15,18,20-22H2,1-13H3/b17-16+/t23?,25-,26+,27-,28-,29+/m0/s1. The van der Waals surface area contributed by atoms with E-state index in [9.17, 15) is 4.79 Å². The Kier molecular flexibility index (Phi) is 11.8. The van der Waals surface area contributed by atoms with Gasteiger partial charge in [0.25, 0.3) is 0 Å². The second-order valence-electron chi connectivity index (χ2n) is 15.3. The number of methoxy groups -OCH3 is 1. The Morgan fingerprint density at radius 2 is 1.69 bits per heavy atom. The highest BCUT2D eigenvalue weighted by Crippen LogP contribution is 2.51. The van der Waals surface area contributed by atoms with Crippen molar-refractivity contribution < 1.29 is 23.1 Å². The summed E-state index contributed by atoms with van der Waals surface area (Å²) < 4.78 is 24.1. The van der Waals surface area contributed by atoms with Gasteiger partial charge in [-0.25, -0.2) is 4.79 Å². The number of carbonyl (C=O) groups is 1. The third kappa shape index (κ3) is 9.30. The maximum absolute atomic E-state index is 11.6. The molecule has 0 aromatic carbocycles. The van der Waals surface area contributed by atoms with Crippen molar-refractivity contribution in [3.63, 3.8) is 0 Å². The van der Waals surface area contributed by atoms with Crippen LogP contribution < -0.4 is 0 Å². The zero-order valence-corrected chi connectivity index (χ0v) is 29.5. The molecular weight excluding hydrogens is 521 g/mol. The first-order chi connectivity index (χ1) is 17.8. The van der Waals surface area contributed by atoms with Crippen molar-refractivity contribution in [2.45, 2.75) is 136 Å². The van der Waals surface area contributed by atoms with Gasteiger partial charge < -0.3 is 18.3 Å². The highest BCUT2D eigenvalue weighted by molar-refractivity contribution is 6.74. The summed E-state index contributed by atoms with van der Waals surface area (Å²) in [5, 5.41) is 0.335. The minimum atomic E-state index is -1.93. The Hall–Kier alpha value is -0.896. The average molecular weight is 581 g/mol. The molecule has 1 saturated carbocycles. The fourth-order valence-electron chi connectivity index (χ4n) is 5.56. The third-order valence-corrected chi connectivity index (χ3v) is 18.9. The number of allylic oxidation sites excluding steroid dienone is 1. The van der Waals surface area contributed by atoms with Crippen LogP contribution in [0.2, 0.25) is 36.3 Å². The molecule has 0 spiro atoms.